The zero-order valence-corrected chi connectivity index (χ0v) is 14.2. The van der Waals surface area contributed by atoms with Gasteiger partial charge in [-0.15, -0.1) is 0 Å². The monoisotopic (exact) mass is 299 g/mol. The topological polar surface area (TPSA) is 62.2 Å². The van der Waals surface area contributed by atoms with Crippen molar-refractivity contribution in [2.45, 2.75) is 34.2 Å². The van der Waals surface area contributed by atoms with Crippen molar-refractivity contribution in [3.05, 3.63) is 71.3 Å². The largest absolute Gasteiger partial charge is 0.390 e. The molecule has 0 spiro atoms. The van der Waals surface area contributed by atoms with Crippen LogP contribution in [0, 0.1) is 19.3 Å². The molecule has 2 rings (SSSR count). The first kappa shape index (κ1) is 21.9. The SMILES string of the molecule is C=NCc1ccccc1.CC.Cc1ccc(C)cc1.N=CN. The highest BCUT2D eigenvalue weighted by Crippen LogP contribution is 1.99. The Hall–Kier alpha value is -2.42. The number of nitrogens with zero attached hydrogens (tertiary/aromatic N) is 1. The van der Waals surface area contributed by atoms with E-state index in [4.69, 9.17) is 5.41 Å². The highest BCUT2D eigenvalue weighted by atomic mass is 14.7. The first-order chi connectivity index (χ1) is 10.6. The number of aryl methyl sites for hydroxylation is 2. The standard InChI is InChI=1S/C8H9N.C8H10.C2H6.CH4N2/c1-9-7-8-5-3-2-4-6-8;1-7-3-5-8(2)6-4-7;1-2;2-1-3/h2-6H,1,7H2;3-6H,1-2H3;1-2H3;1H,(H3,2,3). The normalized spacial score (nSPS) is 7.82. The zero-order chi connectivity index (χ0) is 17.2. The molecule has 0 amide bonds. The van der Waals surface area contributed by atoms with E-state index in [1.54, 1.807) is 0 Å². The van der Waals surface area contributed by atoms with Crippen LogP contribution in [0.1, 0.15) is 30.5 Å². The molecule has 0 saturated heterocycles. The fourth-order valence-electron chi connectivity index (χ4n) is 1.35. The van der Waals surface area contributed by atoms with E-state index in [1.165, 1.54) is 16.7 Å². The highest BCUT2D eigenvalue weighted by molar-refractivity contribution is 5.46. The van der Waals surface area contributed by atoms with Crippen LogP contribution in [0.3, 0.4) is 0 Å². The number of rotatable bonds is 2. The minimum atomic E-state index is 0.723. The van der Waals surface area contributed by atoms with E-state index >= 15 is 0 Å². The van der Waals surface area contributed by atoms with E-state index < -0.39 is 0 Å². The zero-order valence-electron chi connectivity index (χ0n) is 14.2. The van der Waals surface area contributed by atoms with Crippen LogP contribution in [0.2, 0.25) is 0 Å². The van der Waals surface area contributed by atoms with Gasteiger partial charge in [-0.25, -0.2) is 0 Å². The van der Waals surface area contributed by atoms with Crippen molar-refractivity contribution in [1.29, 1.82) is 5.41 Å². The fraction of sp³-hybridized carbons (Fsp3) is 0.263. The number of nitrogens with two attached hydrogens (primary N) is 1. The summed E-state index contributed by atoms with van der Waals surface area (Å²) < 4.78 is 0. The number of nitrogens with one attached hydrogen (secondary N) is 1. The second kappa shape index (κ2) is 16.6. The van der Waals surface area contributed by atoms with Crippen molar-refractivity contribution in [1.82, 2.24) is 0 Å². The third kappa shape index (κ3) is 14.0. The van der Waals surface area contributed by atoms with Crippen LogP contribution in [0.5, 0.6) is 0 Å². The van der Waals surface area contributed by atoms with Gasteiger partial charge in [0.1, 0.15) is 0 Å². The van der Waals surface area contributed by atoms with Gasteiger partial charge in [-0.05, 0) is 26.1 Å². The lowest BCUT2D eigenvalue weighted by Gasteiger charge is -1.90. The van der Waals surface area contributed by atoms with Crippen LogP contribution >= 0.6 is 0 Å². The van der Waals surface area contributed by atoms with E-state index in [-0.39, 0.29) is 0 Å². The van der Waals surface area contributed by atoms with Gasteiger partial charge in [0.25, 0.3) is 0 Å². The molecule has 3 heteroatoms. The van der Waals surface area contributed by atoms with Gasteiger partial charge in [0.2, 0.25) is 0 Å². The van der Waals surface area contributed by atoms with E-state index in [9.17, 15) is 0 Å². The molecule has 120 valence electrons. The van der Waals surface area contributed by atoms with Gasteiger partial charge in [-0.3, -0.25) is 10.4 Å². The quantitative estimate of drug-likeness (QED) is 0.609. The van der Waals surface area contributed by atoms with Gasteiger partial charge in [-0.2, -0.15) is 0 Å². The summed E-state index contributed by atoms with van der Waals surface area (Å²) in [7, 11) is 0. The van der Waals surface area contributed by atoms with Gasteiger partial charge >= 0.3 is 0 Å². The highest BCUT2D eigenvalue weighted by Gasteiger charge is 1.82. The summed E-state index contributed by atoms with van der Waals surface area (Å²) in [6, 6.07) is 18.5. The fourth-order valence-corrected chi connectivity index (χ4v) is 1.35. The van der Waals surface area contributed by atoms with Crippen LogP contribution in [-0.4, -0.2) is 13.1 Å². The van der Waals surface area contributed by atoms with Gasteiger partial charge in [0, 0.05) is 0 Å². The van der Waals surface area contributed by atoms with Gasteiger partial charge in [0.05, 0.1) is 12.9 Å². The van der Waals surface area contributed by atoms with Crippen molar-refractivity contribution < 1.29 is 0 Å². The first-order valence-electron chi connectivity index (χ1n) is 7.34. The third-order valence-corrected chi connectivity index (χ3v) is 2.36. The van der Waals surface area contributed by atoms with Crippen LogP contribution in [0.25, 0.3) is 0 Å². The molecule has 0 atom stereocenters. The summed E-state index contributed by atoms with van der Waals surface area (Å²) in [5.41, 5.74) is 8.26. The Morgan fingerprint density at radius 2 is 1.32 bits per heavy atom. The minimum absolute atomic E-state index is 0.723. The Bertz CT molecular complexity index is 455. The maximum atomic E-state index is 5.86. The molecule has 2 aromatic rings. The maximum Gasteiger partial charge on any atom is 0.0765 e. The van der Waals surface area contributed by atoms with Crippen LogP contribution in [0.4, 0.5) is 0 Å². The summed E-state index contributed by atoms with van der Waals surface area (Å²) >= 11 is 0. The molecule has 0 bridgehead atoms. The molecule has 0 aliphatic rings. The molecule has 22 heavy (non-hydrogen) atoms. The second-order valence-corrected chi connectivity index (χ2v) is 4.19. The molecule has 0 aliphatic carbocycles. The Morgan fingerprint density at radius 1 is 0.955 bits per heavy atom. The minimum Gasteiger partial charge on any atom is -0.390 e. The maximum absolute atomic E-state index is 5.86. The molecule has 2 aromatic carbocycles. The molecule has 3 nitrogen and oxygen atoms in total. The average molecular weight is 299 g/mol. The van der Waals surface area contributed by atoms with Crippen LogP contribution in [0.15, 0.2) is 59.6 Å². The van der Waals surface area contributed by atoms with Crippen molar-refractivity contribution in [3.63, 3.8) is 0 Å². The predicted octanol–water partition coefficient (Wildman–Crippen LogP) is 4.77. The molecule has 3 N–H and O–H groups in total. The number of aliphatic imine (C=N–C) groups is 1. The molecule has 0 fully saturated rings. The summed E-state index contributed by atoms with van der Waals surface area (Å²) in [4.78, 5) is 3.76. The van der Waals surface area contributed by atoms with Crippen molar-refractivity contribution in [2.24, 2.45) is 10.7 Å². The smallest absolute Gasteiger partial charge is 0.0765 e. The molecular formula is C19H29N3. The molecule has 0 saturated carbocycles. The number of hydrogen-bond acceptors (Lipinski definition) is 2. The first-order valence-corrected chi connectivity index (χ1v) is 7.34. The molecule has 0 aliphatic heterocycles. The third-order valence-electron chi connectivity index (χ3n) is 2.36. The Morgan fingerprint density at radius 3 is 1.64 bits per heavy atom. The van der Waals surface area contributed by atoms with Crippen molar-refractivity contribution in [3.8, 4) is 0 Å². The Balaban J connectivity index is 0. The number of benzene rings is 2. The molecular weight excluding hydrogens is 270 g/mol. The Kier molecular flexibility index (Phi) is 16.5. The second-order valence-electron chi connectivity index (χ2n) is 4.19. The van der Waals surface area contributed by atoms with E-state index in [1.807, 2.05) is 44.2 Å². The van der Waals surface area contributed by atoms with E-state index in [0.29, 0.717) is 0 Å². The predicted molar refractivity (Wildman–Crippen MR) is 99.9 cm³/mol. The lowest BCUT2D eigenvalue weighted by Crippen LogP contribution is -1.81. The van der Waals surface area contributed by atoms with E-state index in [2.05, 4.69) is 55.6 Å². The molecule has 0 radical (unpaired) electrons. The Labute approximate surface area is 135 Å². The van der Waals surface area contributed by atoms with Gasteiger partial charge in [-0.1, -0.05) is 79.6 Å². The van der Waals surface area contributed by atoms with Gasteiger partial charge in [0.15, 0.2) is 0 Å². The molecule has 0 heterocycles. The number of hydrogen-bond donors (Lipinski definition) is 2. The average Bonchev–Trinajstić information content (AvgIpc) is 2.55. The summed E-state index contributed by atoms with van der Waals surface area (Å²) in [5.74, 6) is 0. The van der Waals surface area contributed by atoms with Crippen LogP contribution < -0.4 is 5.73 Å². The molecule has 0 unspecified atom stereocenters. The van der Waals surface area contributed by atoms with Crippen LogP contribution in [-0.2, 0) is 6.54 Å². The molecule has 0 aromatic heterocycles. The lowest BCUT2D eigenvalue weighted by molar-refractivity contribution is 1.08. The van der Waals surface area contributed by atoms with Gasteiger partial charge < -0.3 is 5.73 Å². The lowest BCUT2D eigenvalue weighted by atomic mass is 10.2. The van der Waals surface area contributed by atoms with Crippen molar-refractivity contribution in [2.75, 3.05) is 0 Å². The summed E-state index contributed by atoms with van der Waals surface area (Å²) in [6.45, 7) is 12.3. The van der Waals surface area contributed by atoms with Crippen molar-refractivity contribution >= 4 is 13.1 Å². The summed E-state index contributed by atoms with van der Waals surface area (Å²) in [6.07, 6.45) is 0.750. The van der Waals surface area contributed by atoms with E-state index in [0.717, 1.165) is 12.9 Å². The summed E-state index contributed by atoms with van der Waals surface area (Å²) in [5, 5.41) is 5.86.